The first-order valence-corrected chi connectivity index (χ1v) is 10.1. The predicted molar refractivity (Wildman–Crippen MR) is 114 cm³/mol. The van der Waals surface area contributed by atoms with Crippen LogP contribution in [0.4, 0.5) is 5.82 Å². The molecular formula is C21H20Cl2N4O2. The van der Waals surface area contributed by atoms with Crippen LogP contribution in [0, 0.1) is 0 Å². The van der Waals surface area contributed by atoms with Gasteiger partial charge in [0.1, 0.15) is 11.0 Å². The number of nitrogens with two attached hydrogens (primary N) is 1. The van der Waals surface area contributed by atoms with E-state index in [1.165, 1.54) is 0 Å². The van der Waals surface area contributed by atoms with Gasteiger partial charge in [-0.2, -0.15) is 0 Å². The van der Waals surface area contributed by atoms with Crippen molar-refractivity contribution in [2.24, 2.45) is 0 Å². The van der Waals surface area contributed by atoms with Gasteiger partial charge in [0.25, 0.3) is 5.91 Å². The maximum Gasteiger partial charge on any atom is 0.255 e. The number of halogens is 2. The van der Waals surface area contributed by atoms with E-state index in [1.54, 1.807) is 29.3 Å². The molecule has 3 heterocycles. The van der Waals surface area contributed by atoms with Gasteiger partial charge in [0.15, 0.2) is 0 Å². The average molecular weight is 431 g/mol. The van der Waals surface area contributed by atoms with Crippen molar-refractivity contribution in [1.82, 2.24) is 14.9 Å². The second-order valence-corrected chi connectivity index (χ2v) is 7.77. The van der Waals surface area contributed by atoms with Crippen molar-refractivity contribution in [2.75, 3.05) is 12.3 Å². The molecule has 2 N–H and O–H groups in total. The first-order chi connectivity index (χ1) is 13.9. The Morgan fingerprint density at radius 1 is 1.28 bits per heavy atom. The molecule has 0 unspecified atom stereocenters. The zero-order chi connectivity index (χ0) is 20.7. The highest BCUT2D eigenvalue weighted by Crippen LogP contribution is 2.35. The van der Waals surface area contributed by atoms with Crippen molar-refractivity contribution in [3.05, 3.63) is 62.9 Å². The fourth-order valence-electron chi connectivity index (χ4n) is 3.72. The molecule has 0 fully saturated rings. The molecule has 150 valence electrons. The van der Waals surface area contributed by atoms with Crippen LogP contribution in [-0.2, 0) is 18.0 Å². The van der Waals surface area contributed by atoms with Crippen molar-refractivity contribution < 1.29 is 9.53 Å². The Bertz CT molecular complexity index is 1100. The molecule has 29 heavy (non-hydrogen) atoms. The number of anilines is 1. The topological polar surface area (TPSA) is 81.3 Å². The number of aromatic nitrogens is 2. The quantitative estimate of drug-likeness (QED) is 0.602. The van der Waals surface area contributed by atoms with Crippen LogP contribution in [0.3, 0.4) is 0 Å². The lowest BCUT2D eigenvalue weighted by Gasteiger charge is -2.29. The molecule has 0 saturated carbocycles. The molecule has 1 aliphatic rings. The van der Waals surface area contributed by atoms with Crippen molar-refractivity contribution in [2.45, 2.75) is 33.1 Å². The Morgan fingerprint density at radius 2 is 2.03 bits per heavy atom. The molecule has 0 saturated heterocycles. The van der Waals surface area contributed by atoms with Gasteiger partial charge in [-0.25, -0.2) is 9.97 Å². The number of rotatable bonds is 4. The maximum atomic E-state index is 13.4. The summed E-state index contributed by atoms with van der Waals surface area (Å²) in [4.78, 5) is 23.7. The summed E-state index contributed by atoms with van der Waals surface area (Å²) >= 11 is 12.4. The SMILES string of the molecule is CCN(C(=O)c1cc2c3c(c(N)nc2cc1Cl)COC3)[C@H](C)c1ccc(Cl)nc1. The lowest BCUT2D eigenvalue weighted by atomic mass is 10.0. The minimum absolute atomic E-state index is 0.161. The lowest BCUT2D eigenvalue weighted by Crippen LogP contribution is -2.33. The number of hydrogen-bond donors (Lipinski definition) is 1. The third-order valence-corrected chi connectivity index (χ3v) is 5.89. The Labute approximate surface area is 178 Å². The van der Waals surface area contributed by atoms with Crippen LogP contribution in [0.5, 0.6) is 0 Å². The number of ether oxygens (including phenoxy) is 1. The standard InChI is InChI=1S/C21H20Cl2N4O2/c1-3-27(11(2)12-4-5-19(23)25-8-12)21(28)14-6-13-15-9-29-10-16(15)20(24)26-18(13)7-17(14)22/h4-8,11H,3,9-10H2,1-2H3,(H2,24,26)/t11-/m1/s1. The predicted octanol–water partition coefficient (Wildman–Crippen LogP) is 4.77. The zero-order valence-electron chi connectivity index (χ0n) is 16.1. The molecule has 8 heteroatoms. The van der Waals surface area contributed by atoms with Crippen molar-refractivity contribution in [3.8, 4) is 0 Å². The number of carbonyl (C=O) groups is 1. The maximum absolute atomic E-state index is 13.4. The van der Waals surface area contributed by atoms with Crippen LogP contribution >= 0.6 is 23.2 Å². The summed E-state index contributed by atoms with van der Waals surface area (Å²) in [5.41, 5.74) is 9.87. The first-order valence-electron chi connectivity index (χ1n) is 9.31. The van der Waals surface area contributed by atoms with Gasteiger partial charge < -0.3 is 15.4 Å². The number of hydrogen-bond acceptors (Lipinski definition) is 5. The normalized spacial score (nSPS) is 14.1. The van der Waals surface area contributed by atoms with Crippen LogP contribution in [0.1, 0.15) is 46.9 Å². The van der Waals surface area contributed by atoms with Crippen LogP contribution in [-0.4, -0.2) is 27.3 Å². The lowest BCUT2D eigenvalue weighted by molar-refractivity contribution is 0.0702. The number of fused-ring (bicyclic) bond motifs is 3. The number of benzene rings is 1. The first kappa shape index (κ1) is 19.9. The number of nitrogens with zero attached hydrogens (tertiary/aromatic N) is 3. The monoisotopic (exact) mass is 430 g/mol. The average Bonchev–Trinajstić information content (AvgIpc) is 3.19. The van der Waals surface area contributed by atoms with E-state index in [9.17, 15) is 4.79 Å². The summed E-state index contributed by atoms with van der Waals surface area (Å²) in [7, 11) is 0. The smallest absolute Gasteiger partial charge is 0.255 e. The molecular weight excluding hydrogens is 411 g/mol. The van der Waals surface area contributed by atoms with E-state index in [0.29, 0.717) is 46.8 Å². The number of amides is 1. The molecule has 0 radical (unpaired) electrons. The summed E-state index contributed by atoms with van der Waals surface area (Å²) in [6.45, 7) is 5.27. The number of nitrogen functional groups attached to an aromatic ring is 1. The highest BCUT2D eigenvalue weighted by atomic mass is 35.5. The second kappa shape index (κ2) is 7.78. The molecule has 3 aromatic rings. The Kier molecular flexibility index (Phi) is 5.34. The molecule has 0 aliphatic carbocycles. The van der Waals surface area contributed by atoms with Crippen molar-refractivity contribution in [1.29, 1.82) is 0 Å². The number of carbonyl (C=O) groups excluding carboxylic acids is 1. The van der Waals surface area contributed by atoms with Gasteiger partial charge in [-0.1, -0.05) is 29.3 Å². The van der Waals surface area contributed by atoms with Crippen LogP contribution in [0.25, 0.3) is 10.9 Å². The van der Waals surface area contributed by atoms with E-state index >= 15 is 0 Å². The van der Waals surface area contributed by atoms with Gasteiger partial charge in [0.2, 0.25) is 0 Å². The van der Waals surface area contributed by atoms with Crippen LogP contribution in [0.15, 0.2) is 30.5 Å². The minimum Gasteiger partial charge on any atom is -0.383 e. The van der Waals surface area contributed by atoms with Crippen LogP contribution in [0.2, 0.25) is 10.2 Å². The summed E-state index contributed by atoms with van der Waals surface area (Å²) in [5, 5.41) is 1.60. The van der Waals surface area contributed by atoms with Crippen molar-refractivity contribution >= 4 is 45.8 Å². The molecule has 1 amide bonds. The van der Waals surface area contributed by atoms with Gasteiger partial charge in [0.05, 0.1) is 35.4 Å². The van der Waals surface area contributed by atoms with Gasteiger partial charge in [-0.15, -0.1) is 0 Å². The van der Waals surface area contributed by atoms with E-state index in [2.05, 4.69) is 9.97 Å². The largest absolute Gasteiger partial charge is 0.383 e. The fourth-order valence-corrected chi connectivity index (χ4v) is 4.07. The minimum atomic E-state index is -0.192. The van der Waals surface area contributed by atoms with Gasteiger partial charge in [0, 0.05) is 23.7 Å². The van der Waals surface area contributed by atoms with Gasteiger partial charge in [-0.3, -0.25) is 4.79 Å². The Balaban J connectivity index is 1.76. The zero-order valence-corrected chi connectivity index (χ0v) is 17.6. The van der Waals surface area contributed by atoms with E-state index in [-0.39, 0.29) is 11.9 Å². The van der Waals surface area contributed by atoms with Crippen molar-refractivity contribution in [3.63, 3.8) is 0 Å². The highest BCUT2D eigenvalue weighted by Gasteiger charge is 2.26. The summed E-state index contributed by atoms with van der Waals surface area (Å²) < 4.78 is 5.54. The molecule has 6 nitrogen and oxygen atoms in total. The molecule has 1 aromatic carbocycles. The van der Waals surface area contributed by atoms with E-state index in [4.69, 9.17) is 33.7 Å². The van der Waals surface area contributed by atoms with Crippen LogP contribution < -0.4 is 5.73 Å². The second-order valence-electron chi connectivity index (χ2n) is 6.98. The van der Waals surface area contributed by atoms with E-state index in [1.807, 2.05) is 19.9 Å². The molecule has 1 aliphatic heterocycles. The molecule has 4 rings (SSSR count). The highest BCUT2D eigenvalue weighted by molar-refractivity contribution is 6.34. The third kappa shape index (κ3) is 3.52. The van der Waals surface area contributed by atoms with E-state index < -0.39 is 0 Å². The third-order valence-electron chi connectivity index (χ3n) is 5.35. The summed E-state index contributed by atoms with van der Waals surface area (Å²) in [5.74, 6) is 0.283. The van der Waals surface area contributed by atoms with E-state index in [0.717, 1.165) is 22.1 Å². The Morgan fingerprint density at radius 3 is 2.72 bits per heavy atom. The molecule has 0 spiro atoms. The number of pyridine rings is 2. The summed E-state index contributed by atoms with van der Waals surface area (Å²) in [6.07, 6.45) is 1.68. The molecule has 0 bridgehead atoms. The molecule has 1 atom stereocenters. The summed E-state index contributed by atoms with van der Waals surface area (Å²) in [6, 6.07) is 6.89. The fraction of sp³-hybridized carbons (Fsp3) is 0.286. The van der Waals surface area contributed by atoms with Gasteiger partial charge in [-0.05, 0) is 43.2 Å². The van der Waals surface area contributed by atoms with Gasteiger partial charge >= 0.3 is 0 Å². The molecule has 2 aromatic heterocycles. The Hall–Kier alpha value is -2.41.